The second-order valence-electron chi connectivity index (χ2n) is 4.35. The van der Waals surface area contributed by atoms with E-state index >= 15 is 0 Å². The minimum Gasteiger partial charge on any atom is -0.365 e. The number of ether oxygens (including phenoxy) is 1. The Morgan fingerprint density at radius 1 is 1.27 bits per heavy atom. The SMILES string of the molecule is CCC#CCOC1CCN(C(C)C)CC1. The molecule has 1 aliphatic heterocycles. The molecule has 0 atom stereocenters. The van der Waals surface area contributed by atoms with Crippen molar-refractivity contribution in [1.82, 2.24) is 4.90 Å². The fraction of sp³-hybridized carbons (Fsp3) is 0.846. The normalized spacial score (nSPS) is 18.9. The van der Waals surface area contributed by atoms with E-state index in [0.29, 0.717) is 18.8 Å². The summed E-state index contributed by atoms with van der Waals surface area (Å²) >= 11 is 0. The third-order valence-electron chi connectivity index (χ3n) is 2.90. The van der Waals surface area contributed by atoms with Gasteiger partial charge < -0.3 is 9.64 Å². The quantitative estimate of drug-likeness (QED) is 0.661. The van der Waals surface area contributed by atoms with Crippen LogP contribution in [0.5, 0.6) is 0 Å². The Balaban J connectivity index is 2.14. The van der Waals surface area contributed by atoms with Crippen LogP contribution in [-0.2, 0) is 4.74 Å². The molecule has 1 heterocycles. The maximum absolute atomic E-state index is 5.71. The molecule has 0 saturated carbocycles. The molecule has 86 valence electrons. The lowest BCUT2D eigenvalue weighted by Gasteiger charge is -2.34. The third-order valence-corrected chi connectivity index (χ3v) is 2.90. The molecule has 1 rings (SSSR count). The number of rotatable bonds is 3. The summed E-state index contributed by atoms with van der Waals surface area (Å²) in [4.78, 5) is 2.51. The minimum atomic E-state index is 0.436. The zero-order valence-corrected chi connectivity index (χ0v) is 10.3. The van der Waals surface area contributed by atoms with Crippen LogP contribution < -0.4 is 0 Å². The molecule has 0 aromatic rings. The van der Waals surface area contributed by atoms with Crippen LogP contribution in [0.15, 0.2) is 0 Å². The van der Waals surface area contributed by atoms with Gasteiger partial charge in [0.1, 0.15) is 6.61 Å². The molecule has 15 heavy (non-hydrogen) atoms. The number of likely N-dealkylation sites (tertiary alicyclic amines) is 1. The third kappa shape index (κ3) is 4.68. The summed E-state index contributed by atoms with van der Waals surface area (Å²) in [5, 5.41) is 0. The molecule has 0 aromatic heterocycles. The highest BCUT2D eigenvalue weighted by Crippen LogP contribution is 2.15. The number of hydrogen-bond donors (Lipinski definition) is 0. The van der Waals surface area contributed by atoms with E-state index in [1.54, 1.807) is 0 Å². The first-order valence-electron chi connectivity index (χ1n) is 6.05. The van der Waals surface area contributed by atoms with Gasteiger partial charge in [-0.15, -0.1) is 5.92 Å². The monoisotopic (exact) mass is 209 g/mol. The Labute approximate surface area is 94.0 Å². The predicted molar refractivity (Wildman–Crippen MR) is 63.8 cm³/mol. The van der Waals surface area contributed by atoms with Crippen molar-refractivity contribution in [1.29, 1.82) is 0 Å². The van der Waals surface area contributed by atoms with Gasteiger partial charge in [0.05, 0.1) is 6.10 Å². The van der Waals surface area contributed by atoms with E-state index in [4.69, 9.17) is 4.74 Å². The molecule has 0 aliphatic carbocycles. The molecule has 0 unspecified atom stereocenters. The number of hydrogen-bond acceptors (Lipinski definition) is 2. The summed E-state index contributed by atoms with van der Waals surface area (Å²) in [5.74, 6) is 6.06. The summed E-state index contributed by atoms with van der Waals surface area (Å²) < 4.78 is 5.71. The van der Waals surface area contributed by atoms with Gasteiger partial charge in [0, 0.05) is 25.6 Å². The van der Waals surface area contributed by atoms with Crippen LogP contribution in [0.25, 0.3) is 0 Å². The van der Waals surface area contributed by atoms with Crippen molar-refractivity contribution >= 4 is 0 Å². The molecule has 0 aromatic carbocycles. The Hall–Kier alpha value is -0.520. The molecular formula is C13H23NO. The van der Waals surface area contributed by atoms with E-state index in [1.165, 1.54) is 13.1 Å². The summed E-state index contributed by atoms with van der Waals surface area (Å²) in [6, 6.07) is 0.672. The average molecular weight is 209 g/mol. The molecule has 1 aliphatic rings. The highest BCUT2D eigenvalue weighted by Gasteiger charge is 2.20. The lowest BCUT2D eigenvalue weighted by atomic mass is 10.1. The Bertz CT molecular complexity index is 218. The summed E-state index contributed by atoms with van der Waals surface area (Å²) in [6.45, 7) is 9.53. The first-order valence-corrected chi connectivity index (χ1v) is 6.05. The van der Waals surface area contributed by atoms with Crippen molar-refractivity contribution < 1.29 is 4.74 Å². The van der Waals surface area contributed by atoms with Gasteiger partial charge in [0.2, 0.25) is 0 Å². The summed E-state index contributed by atoms with van der Waals surface area (Å²) in [7, 11) is 0. The zero-order chi connectivity index (χ0) is 11.1. The molecule has 2 nitrogen and oxygen atoms in total. The molecule has 1 fully saturated rings. The van der Waals surface area contributed by atoms with Gasteiger partial charge in [-0.05, 0) is 26.7 Å². The zero-order valence-electron chi connectivity index (χ0n) is 10.3. The lowest BCUT2D eigenvalue weighted by Crippen LogP contribution is -2.40. The van der Waals surface area contributed by atoms with Crippen LogP contribution in [0.1, 0.15) is 40.0 Å². The highest BCUT2D eigenvalue weighted by molar-refractivity contribution is 4.98. The fourth-order valence-electron chi connectivity index (χ4n) is 1.89. The summed E-state index contributed by atoms with van der Waals surface area (Å²) in [5.41, 5.74) is 0. The van der Waals surface area contributed by atoms with Gasteiger partial charge in [-0.3, -0.25) is 0 Å². The first kappa shape index (κ1) is 12.5. The standard InChI is InChI=1S/C13H23NO/c1-4-5-6-11-15-13-7-9-14(10-8-13)12(2)3/h12-13H,4,7-11H2,1-3H3. The Morgan fingerprint density at radius 3 is 2.47 bits per heavy atom. The molecule has 0 radical (unpaired) electrons. The topological polar surface area (TPSA) is 12.5 Å². The van der Waals surface area contributed by atoms with E-state index in [9.17, 15) is 0 Å². The smallest absolute Gasteiger partial charge is 0.108 e. The van der Waals surface area contributed by atoms with E-state index in [-0.39, 0.29) is 0 Å². The first-order chi connectivity index (χ1) is 7.24. The summed E-state index contributed by atoms with van der Waals surface area (Å²) in [6.07, 6.45) is 3.68. The van der Waals surface area contributed by atoms with Crippen LogP contribution in [0.4, 0.5) is 0 Å². The maximum Gasteiger partial charge on any atom is 0.108 e. The highest BCUT2D eigenvalue weighted by atomic mass is 16.5. The van der Waals surface area contributed by atoms with E-state index < -0.39 is 0 Å². The molecule has 0 spiro atoms. The van der Waals surface area contributed by atoms with Gasteiger partial charge >= 0.3 is 0 Å². The van der Waals surface area contributed by atoms with E-state index in [1.807, 2.05) is 0 Å². The van der Waals surface area contributed by atoms with Crippen molar-refractivity contribution in [2.75, 3.05) is 19.7 Å². The number of nitrogens with zero attached hydrogens (tertiary/aromatic N) is 1. The van der Waals surface area contributed by atoms with Crippen LogP contribution in [0, 0.1) is 11.8 Å². The van der Waals surface area contributed by atoms with Gasteiger partial charge in [-0.25, -0.2) is 0 Å². The Morgan fingerprint density at radius 2 is 1.93 bits per heavy atom. The number of piperidine rings is 1. The molecular weight excluding hydrogens is 186 g/mol. The predicted octanol–water partition coefficient (Wildman–Crippen LogP) is 2.29. The van der Waals surface area contributed by atoms with Crippen molar-refractivity contribution in [3.05, 3.63) is 0 Å². The molecule has 1 saturated heterocycles. The van der Waals surface area contributed by atoms with Crippen molar-refractivity contribution in [2.45, 2.75) is 52.2 Å². The molecule has 2 heteroatoms. The van der Waals surface area contributed by atoms with Gasteiger partial charge in [0.15, 0.2) is 0 Å². The van der Waals surface area contributed by atoms with Crippen LogP contribution in [-0.4, -0.2) is 36.7 Å². The molecule has 0 bridgehead atoms. The van der Waals surface area contributed by atoms with Gasteiger partial charge in [0.25, 0.3) is 0 Å². The van der Waals surface area contributed by atoms with Crippen LogP contribution in [0.3, 0.4) is 0 Å². The van der Waals surface area contributed by atoms with Crippen molar-refractivity contribution in [3.8, 4) is 11.8 Å². The average Bonchev–Trinajstić information content (AvgIpc) is 2.25. The van der Waals surface area contributed by atoms with Gasteiger partial charge in [-0.2, -0.15) is 0 Å². The van der Waals surface area contributed by atoms with E-state index in [0.717, 1.165) is 19.3 Å². The van der Waals surface area contributed by atoms with Gasteiger partial charge in [-0.1, -0.05) is 12.8 Å². The molecule has 0 amide bonds. The maximum atomic E-state index is 5.71. The minimum absolute atomic E-state index is 0.436. The van der Waals surface area contributed by atoms with Crippen molar-refractivity contribution in [3.63, 3.8) is 0 Å². The Kier molecular flexibility index (Phi) is 5.75. The second-order valence-corrected chi connectivity index (χ2v) is 4.35. The van der Waals surface area contributed by atoms with Crippen molar-refractivity contribution in [2.24, 2.45) is 0 Å². The largest absolute Gasteiger partial charge is 0.365 e. The van der Waals surface area contributed by atoms with Crippen LogP contribution >= 0.6 is 0 Å². The second kappa shape index (κ2) is 6.87. The van der Waals surface area contributed by atoms with E-state index in [2.05, 4.69) is 37.5 Å². The fourth-order valence-corrected chi connectivity index (χ4v) is 1.89. The molecule has 0 N–H and O–H groups in total. The van der Waals surface area contributed by atoms with Crippen LogP contribution in [0.2, 0.25) is 0 Å². The lowest BCUT2D eigenvalue weighted by molar-refractivity contribution is 0.0170.